The van der Waals surface area contributed by atoms with Crippen LogP contribution < -0.4 is 0 Å². The van der Waals surface area contributed by atoms with E-state index < -0.39 is 11.0 Å². The lowest BCUT2D eigenvalue weighted by atomic mass is 10.3. The number of carbonyl (C=O) groups excluding carboxylic acids is 1. The van der Waals surface area contributed by atoms with Gasteiger partial charge in [0.2, 0.25) is 11.7 Å². The van der Waals surface area contributed by atoms with Gasteiger partial charge in [-0.15, -0.1) is 0 Å². The molecule has 106 valence electrons. The molecule has 0 bridgehead atoms. The zero-order valence-corrected chi connectivity index (χ0v) is 11.2. The van der Waals surface area contributed by atoms with Gasteiger partial charge < -0.3 is 20.1 Å². The molecule has 0 aliphatic rings. The van der Waals surface area contributed by atoms with Gasteiger partial charge in [0.05, 0.1) is 6.10 Å². The molecule has 1 aromatic rings. The summed E-state index contributed by atoms with van der Waals surface area (Å²) in [7, 11) is 1.63. The van der Waals surface area contributed by atoms with E-state index in [1.807, 2.05) is 0 Å². The van der Waals surface area contributed by atoms with Crippen molar-refractivity contribution in [2.75, 3.05) is 13.6 Å². The monoisotopic (exact) mass is 270 g/mol. The summed E-state index contributed by atoms with van der Waals surface area (Å²) in [5, 5.41) is 19.7. The molecular weight excluding hydrogens is 252 g/mol. The largest absolute Gasteiger partial charge is 0.393 e. The minimum atomic E-state index is -0.592. The van der Waals surface area contributed by atoms with Crippen LogP contribution in [0.2, 0.25) is 0 Å². The number of aryl methyl sites for hydroxylation is 1. The second-order valence-electron chi connectivity index (χ2n) is 4.48. The summed E-state index contributed by atoms with van der Waals surface area (Å²) in [6.45, 7) is 3.70. The molecule has 8 nitrogen and oxygen atoms in total. The summed E-state index contributed by atoms with van der Waals surface area (Å²) < 4.78 is 1.44. The normalized spacial score (nSPS) is 12.2. The van der Waals surface area contributed by atoms with Crippen LogP contribution in [0.1, 0.15) is 19.2 Å². The van der Waals surface area contributed by atoms with Gasteiger partial charge in [0.15, 0.2) is 0 Å². The van der Waals surface area contributed by atoms with Crippen LogP contribution in [0.25, 0.3) is 0 Å². The fourth-order valence-electron chi connectivity index (χ4n) is 1.51. The first-order valence-corrected chi connectivity index (χ1v) is 5.91. The number of likely N-dealkylation sites (N-methyl/N-ethyl adjacent to an activating group) is 1. The number of imidazole rings is 1. The van der Waals surface area contributed by atoms with Crippen molar-refractivity contribution in [2.45, 2.75) is 32.9 Å². The maximum Gasteiger partial charge on any atom is 0.381 e. The van der Waals surface area contributed by atoms with E-state index >= 15 is 0 Å². The second-order valence-corrected chi connectivity index (χ2v) is 4.48. The summed E-state index contributed by atoms with van der Waals surface area (Å²) in [4.78, 5) is 27.1. The van der Waals surface area contributed by atoms with Crippen molar-refractivity contribution in [2.24, 2.45) is 0 Å². The van der Waals surface area contributed by atoms with Gasteiger partial charge >= 0.3 is 5.82 Å². The van der Waals surface area contributed by atoms with E-state index in [0.29, 0.717) is 18.8 Å². The first kappa shape index (κ1) is 15.1. The van der Waals surface area contributed by atoms with Crippen LogP contribution in [0.3, 0.4) is 0 Å². The average molecular weight is 270 g/mol. The van der Waals surface area contributed by atoms with Gasteiger partial charge in [-0.2, -0.15) is 0 Å². The van der Waals surface area contributed by atoms with Crippen LogP contribution in [0, 0.1) is 17.0 Å². The maximum atomic E-state index is 11.9. The lowest BCUT2D eigenvalue weighted by Gasteiger charge is -2.18. The first-order valence-electron chi connectivity index (χ1n) is 5.91. The summed E-state index contributed by atoms with van der Waals surface area (Å²) in [6.07, 6.45) is 1.27. The van der Waals surface area contributed by atoms with E-state index in [1.54, 1.807) is 20.9 Å². The van der Waals surface area contributed by atoms with E-state index in [1.165, 1.54) is 15.7 Å². The SMILES string of the molecule is Cc1nc([N+](=O)[O-])cn1CC(=O)N(C)CCC(C)O. The molecule has 1 aromatic heterocycles. The van der Waals surface area contributed by atoms with Gasteiger partial charge in [0, 0.05) is 20.5 Å². The van der Waals surface area contributed by atoms with Gasteiger partial charge in [0.25, 0.3) is 0 Å². The molecule has 1 atom stereocenters. The van der Waals surface area contributed by atoms with E-state index in [4.69, 9.17) is 5.11 Å². The van der Waals surface area contributed by atoms with Crippen LogP contribution in [0.5, 0.6) is 0 Å². The van der Waals surface area contributed by atoms with Gasteiger partial charge in [-0.05, 0) is 23.3 Å². The lowest BCUT2D eigenvalue weighted by Crippen LogP contribution is -2.32. The number of nitro groups is 1. The van der Waals surface area contributed by atoms with Crippen LogP contribution in [-0.4, -0.2) is 50.1 Å². The number of aliphatic hydroxyl groups excluding tert-OH is 1. The summed E-state index contributed by atoms with van der Waals surface area (Å²) in [5.41, 5.74) is 0. The molecule has 19 heavy (non-hydrogen) atoms. The molecule has 8 heteroatoms. The van der Waals surface area contributed by atoms with E-state index in [0.717, 1.165) is 0 Å². The van der Waals surface area contributed by atoms with Gasteiger partial charge in [0.1, 0.15) is 12.7 Å². The van der Waals surface area contributed by atoms with Crippen molar-refractivity contribution in [1.29, 1.82) is 0 Å². The average Bonchev–Trinajstić information content (AvgIpc) is 2.68. The van der Waals surface area contributed by atoms with Crippen LogP contribution in [0.15, 0.2) is 6.20 Å². The highest BCUT2D eigenvalue weighted by atomic mass is 16.6. The Hall–Kier alpha value is -1.96. The second kappa shape index (κ2) is 6.28. The van der Waals surface area contributed by atoms with Crippen molar-refractivity contribution in [1.82, 2.24) is 14.5 Å². The Labute approximate surface area is 110 Å². The maximum absolute atomic E-state index is 11.9. The van der Waals surface area contributed by atoms with E-state index in [2.05, 4.69) is 4.98 Å². The molecule has 0 fully saturated rings. The standard InChI is InChI=1S/C11H18N4O4/c1-8(16)4-5-13(3)11(17)7-14-6-10(15(18)19)12-9(14)2/h6,8,16H,4-5,7H2,1-3H3. The Balaban J connectivity index is 2.63. The molecule has 0 aliphatic heterocycles. The third kappa shape index (κ3) is 4.32. The summed E-state index contributed by atoms with van der Waals surface area (Å²) >= 11 is 0. The third-order valence-electron chi connectivity index (χ3n) is 2.76. The fraction of sp³-hybridized carbons (Fsp3) is 0.636. The molecule has 1 unspecified atom stereocenters. The molecule has 0 aromatic carbocycles. The Kier molecular flexibility index (Phi) is 4.99. The highest BCUT2D eigenvalue weighted by Gasteiger charge is 2.18. The highest BCUT2D eigenvalue weighted by molar-refractivity contribution is 5.75. The van der Waals surface area contributed by atoms with Gasteiger partial charge in [-0.1, -0.05) is 0 Å². The molecule has 1 heterocycles. The topological polar surface area (TPSA) is 102 Å². The molecule has 0 saturated heterocycles. The highest BCUT2D eigenvalue weighted by Crippen LogP contribution is 2.10. The van der Waals surface area contributed by atoms with Crippen molar-refractivity contribution >= 4 is 11.7 Å². The fourth-order valence-corrected chi connectivity index (χ4v) is 1.51. The van der Waals surface area contributed by atoms with Crippen LogP contribution >= 0.6 is 0 Å². The number of rotatable bonds is 6. The summed E-state index contributed by atoms with van der Waals surface area (Å²) in [5.74, 6) is -0.0306. The van der Waals surface area contributed by atoms with Crippen molar-refractivity contribution < 1.29 is 14.8 Å². The van der Waals surface area contributed by atoms with Crippen molar-refractivity contribution in [3.63, 3.8) is 0 Å². The van der Waals surface area contributed by atoms with Gasteiger partial charge in [-0.25, -0.2) is 0 Å². The smallest absolute Gasteiger partial charge is 0.381 e. The summed E-state index contributed by atoms with van der Waals surface area (Å²) in [6, 6.07) is 0. The zero-order valence-electron chi connectivity index (χ0n) is 11.2. The van der Waals surface area contributed by atoms with Crippen LogP contribution in [0.4, 0.5) is 5.82 Å². The molecule has 0 spiro atoms. The molecule has 0 radical (unpaired) electrons. The van der Waals surface area contributed by atoms with Crippen molar-refractivity contribution in [3.8, 4) is 0 Å². The van der Waals surface area contributed by atoms with Gasteiger partial charge in [-0.3, -0.25) is 9.36 Å². The number of hydrogen-bond donors (Lipinski definition) is 1. The molecular formula is C11H18N4O4. The number of amides is 1. The van der Waals surface area contributed by atoms with Crippen LogP contribution in [-0.2, 0) is 11.3 Å². The predicted octanol–water partition coefficient (Wildman–Crippen LogP) is 0.329. The molecule has 1 rings (SSSR count). The minimum absolute atomic E-state index is 0.00296. The zero-order chi connectivity index (χ0) is 14.6. The Bertz CT molecular complexity index is 469. The first-order chi connectivity index (χ1) is 8.81. The van der Waals surface area contributed by atoms with E-state index in [9.17, 15) is 14.9 Å². The number of nitrogens with zero attached hydrogens (tertiary/aromatic N) is 4. The quantitative estimate of drug-likeness (QED) is 0.593. The molecule has 0 saturated carbocycles. The Morgan fingerprint density at radius 3 is 2.79 bits per heavy atom. The third-order valence-corrected chi connectivity index (χ3v) is 2.76. The molecule has 1 N–H and O–H groups in total. The Morgan fingerprint density at radius 2 is 2.32 bits per heavy atom. The number of aliphatic hydroxyl groups is 1. The molecule has 1 amide bonds. The number of carbonyl (C=O) groups is 1. The Morgan fingerprint density at radius 1 is 1.68 bits per heavy atom. The molecule has 0 aliphatic carbocycles. The predicted molar refractivity (Wildman–Crippen MR) is 67.6 cm³/mol. The van der Waals surface area contributed by atoms with Crippen molar-refractivity contribution in [3.05, 3.63) is 22.1 Å². The lowest BCUT2D eigenvalue weighted by molar-refractivity contribution is -0.389. The number of hydrogen-bond acceptors (Lipinski definition) is 5. The minimum Gasteiger partial charge on any atom is -0.393 e. The van der Waals surface area contributed by atoms with E-state index in [-0.39, 0.29) is 18.3 Å². The number of aromatic nitrogens is 2.